The first-order valence-electron chi connectivity index (χ1n) is 5.65. The van der Waals surface area contributed by atoms with Crippen molar-refractivity contribution in [2.24, 2.45) is 5.92 Å². The van der Waals surface area contributed by atoms with Crippen molar-refractivity contribution in [1.29, 1.82) is 0 Å². The first-order chi connectivity index (χ1) is 8.49. The highest BCUT2D eigenvalue weighted by Gasteiger charge is 2.10. The molecule has 1 rings (SSSR count). The topological polar surface area (TPSA) is 104 Å². The summed E-state index contributed by atoms with van der Waals surface area (Å²) < 4.78 is 4.92. The van der Waals surface area contributed by atoms with E-state index in [1.807, 2.05) is 0 Å². The van der Waals surface area contributed by atoms with Crippen molar-refractivity contribution in [3.63, 3.8) is 0 Å². The van der Waals surface area contributed by atoms with Gasteiger partial charge in [0, 0.05) is 12.6 Å². The van der Waals surface area contributed by atoms with Crippen LogP contribution in [0.5, 0.6) is 0 Å². The van der Waals surface area contributed by atoms with Gasteiger partial charge in [-0.15, -0.1) is 0 Å². The van der Waals surface area contributed by atoms with Crippen molar-refractivity contribution in [3.8, 4) is 0 Å². The van der Waals surface area contributed by atoms with Crippen LogP contribution in [0.3, 0.4) is 0 Å². The largest absolute Gasteiger partial charge is 0.481 e. The van der Waals surface area contributed by atoms with E-state index in [9.17, 15) is 9.59 Å². The summed E-state index contributed by atoms with van der Waals surface area (Å²) in [4.78, 5) is 21.9. The molecule has 0 aliphatic carbocycles. The number of nitrogens with one attached hydrogen (secondary N) is 2. The first-order valence-corrected chi connectivity index (χ1v) is 5.65. The lowest BCUT2D eigenvalue weighted by Gasteiger charge is -2.08. The zero-order valence-electron chi connectivity index (χ0n) is 10.4. The molecular formula is C11H17N3O4. The molecule has 0 bridgehead atoms. The average molecular weight is 255 g/mol. The zero-order valence-corrected chi connectivity index (χ0v) is 10.4. The second-order valence-electron chi connectivity index (χ2n) is 4.07. The lowest BCUT2D eigenvalue weighted by Crippen LogP contribution is -2.36. The number of urea groups is 1. The van der Waals surface area contributed by atoms with Gasteiger partial charge in [0.1, 0.15) is 0 Å². The van der Waals surface area contributed by atoms with Crippen molar-refractivity contribution in [2.75, 3.05) is 6.54 Å². The number of aromatic nitrogens is 1. The monoisotopic (exact) mass is 255 g/mol. The quantitative estimate of drug-likeness (QED) is 0.700. The van der Waals surface area contributed by atoms with Gasteiger partial charge in [0.25, 0.3) is 0 Å². The summed E-state index contributed by atoms with van der Waals surface area (Å²) in [6.07, 6.45) is 0.393. The van der Waals surface area contributed by atoms with Gasteiger partial charge in [0.2, 0.25) is 0 Å². The Morgan fingerprint density at radius 3 is 2.78 bits per heavy atom. The van der Waals surface area contributed by atoms with Crippen LogP contribution in [0.1, 0.15) is 24.8 Å². The van der Waals surface area contributed by atoms with Crippen LogP contribution >= 0.6 is 0 Å². The van der Waals surface area contributed by atoms with Crippen LogP contribution in [0.25, 0.3) is 0 Å². The molecule has 7 nitrogen and oxygen atoms in total. The van der Waals surface area contributed by atoms with E-state index in [0.717, 1.165) is 5.69 Å². The second-order valence-corrected chi connectivity index (χ2v) is 4.07. The minimum absolute atomic E-state index is 0.251. The number of carboxylic acids is 1. The second kappa shape index (κ2) is 6.63. The summed E-state index contributed by atoms with van der Waals surface area (Å²) in [6, 6.07) is 1.37. The molecule has 0 aliphatic heterocycles. The third kappa shape index (κ3) is 4.86. The molecule has 0 saturated heterocycles. The Morgan fingerprint density at radius 1 is 1.50 bits per heavy atom. The van der Waals surface area contributed by atoms with Crippen molar-refractivity contribution in [1.82, 2.24) is 15.8 Å². The molecule has 100 valence electrons. The van der Waals surface area contributed by atoms with E-state index in [1.54, 1.807) is 19.9 Å². The highest BCUT2D eigenvalue weighted by Crippen LogP contribution is 2.01. The Bertz CT molecular complexity index is 416. The number of carbonyl (C=O) groups excluding carboxylic acids is 1. The fourth-order valence-electron chi connectivity index (χ4n) is 1.26. The number of amides is 2. The van der Waals surface area contributed by atoms with E-state index in [1.165, 1.54) is 0 Å². The van der Waals surface area contributed by atoms with E-state index < -0.39 is 11.9 Å². The summed E-state index contributed by atoms with van der Waals surface area (Å²) in [6.45, 7) is 3.95. The van der Waals surface area contributed by atoms with Crippen LogP contribution < -0.4 is 10.6 Å². The summed E-state index contributed by atoms with van der Waals surface area (Å²) in [5.41, 5.74) is 0.752. The van der Waals surface area contributed by atoms with Gasteiger partial charge in [-0.1, -0.05) is 12.1 Å². The maximum Gasteiger partial charge on any atom is 0.315 e. The minimum atomic E-state index is -0.866. The SMILES string of the molecule is Cc1cc(CNC(=O)NCCC(C)C(=O)O)on1. The number of rotatable bonds is 6. The maximum atomic E-state index is 11.3. The van der Waals surface area contributed by atoms with Crippen LogP contribution in [-0.2, 0) is 11.3 Å². The number of carboxylic acid groups (broad SMARTS) is 1. The van der Waals surface area contributed by atoms with Gasteiger partial charge in [-0.05, 0) is 13.3 Å². The zero-order chi connectivity index (χ0) is 13.5. The molecule has 0 fully saturated rings. The number of aryl methyl sites for hydroxylation is 1. The Kier molecular flexibility index (Phi) is 5.16. The van der Waals surface area contributed by atoms with Crippen molar-refractivity contribution in [3.05, 3.63) is 17.5 Å². The van der Waals surface area contributed by atoms with Gasteiger partial charge in [-0.2, -0.15) is 0 Å². The molecule has 1 atom stereocenters. The smallest absolute Gasteiger partial charge is 0.315 e. The number of carbonyl (C=O) groups is 2. The predicted octanol–water partition coefficient (Wildman–Crippen LogP) is 0.893. The third-order valence-electron chi connectivity index (χ3n) is 2.38. The first kappa shape index (κ1) is 14.0. The van der Waals surface area contributed by atoms with Crippen LogP contribution in [0.15, 0.2) is 10.6 Å². The van der Waals surface area contributed by atoms with Crippen LogP contribution in [0.4, 0.5) is 4.79 Å². The normalized spacial score (nSPS) is 11.9. The molecule has 0 aromatic carbocycles. The van der Waals surface area contributed by atoms with Gasteiger partial charge >= 0.3 is 12.0 Å². The molecule has 2 amide bonds. The molecule has 1 heterocycles. The van der Waals surface area contributed by atoms with E-state index >= 15 is 0 Å². The number of nitrogens with zero attached hydrogens (tertiary/aromatic N) is 1. The van der Waals surface area contributed by atoms with Crippen molar-refractivity contribution in [2.45, 2.75) is 26.8 Å². The van der Waals surface area contributed by atoms with Gasteiger partial charge in [0.05, 0.1) is 18.2 Å². The molecule has 0 aliphatic rings. The van der Waals surface area contributed by atoms with Crippen molar-refractivity contribution >= 4 is 12.0 Å². The Morgan fingerprint density at radius 2 is 2.22 bits per heavy atom. The summed E-state index contributed by atoms with van der Waals surface area (Å²) >= 11 is 0. The third-order valence-corrected chi connectivity index (χ3v) is 2.38. The summed E-state index contributed by atoms with van der Waals surface area (Å²) in [5, 5.41) is 17.5. The molecule has 1 unspecified atom stereocenters. The molecule has 18 heavy (non-hydrogen) atoms. The molecule has 7 heteroatoms. The van der Waals surface area contributed by atoms with Gasteiger partial charge in [0.15, 0.2) is 5.76 Å². The molecule has 0 radical (unpaired) electrons. The van der Waals surface area contributed by atoms with Gasteiger partial charge < -0.3 is 20.3 Å². The van der Waals surface area contributed by atoms with Gasteiger partial charge in [-0.25, -0.2) is 4.79 Å². The Labute approximate surface area is 105 Å². The molecular weight excluding hydrogens is 238 g/mol. The number of hydrogen-bond donors (Lipinski definition) is 3. The molecule has 3 N–H and O–H groups in total. The lowest BCUT2D eigenvalue weighted by atomic mass is 10.1. The van der Waals surface area contributed by atoms with E-state index in [0.29, 0.717) is 18.7 Å². The maximum absolute atomic E-state index is 11.3. The number of hydrogen-bond acceptors (Lipinski definition) is 4. The van der Waals surface area contributed by atoms with Crippen LogP contribution in [-0.4, -0.2) is 28.8 Å². The molecule has 0 saturated carbocycles. The highest BCUT2D eigenvalue weighted by molar-refractivity contribution is 5.74. The fourth-order valence-corrected chi connectivity index (χ4v) is 1.26. The predicted molar refractivity (Wildman–Crippen MR) is 62.9 cm³/mol. The van der Waals surface area contributed by atoms with Crippen LogP contribution in [0.2, 0.25) is 0 Å². The summed E-state index contributed by atoms with van der Waals surface area (Å²) in [7, 11) is 0. The molecule has 0 spiro atoms. The highest BCUT2D eigenvalue weighted by atomic mass is 16.5. The lowest BCUT2D eigenvalue weighted by molar-refractivity contribution is -0.141. The average Bonchev–Trinajstić information content (AvgIpc) is 2.72. The van der Waals surface area contributed by atoms with E-state index in [-0.39, 0.29) is 12.6 Å². The van der Waals surface area contributed by atoms with E-state index in [4.69, 9.17) is 9.63 Å². The molecule has 1 aromatic rings. The Balaban J connectivity index is 2.16. The summed E-state index contributed by atoms with van der Waals surface area (Å²) in [5.74, 6) is -0.766. The fraction of sp³-hybridized carbons (Fsp3) is 0.545. The molecule has 1 aromatic heterocycles. The van der Waals surface area contributed by atoms with E-state index in [2.05, 4.69) is 15.8 Å². The van der Waals surface area contributed by atoms with Gasteiger partial charge in [-0.3, -0.25) is 4.79 Å². The van der Waals surface area contributed by atoms with Crippen LogP contribution in [0, 0.1) is 12.8 Å². The minimum Gasteiger partial charge on any atom is -0.481 e. The number of aliphatic carboxylic acids is 1. The van der Waals surface area contributed by atoms with Crippen molar-refractivity contribution < 1.29 is 19.2 Å². The Hall–Kier alpha value is -2.05. The standard InChI is InChI=1S/C11H17N3O4/c1-7(10(15)16)3-4-12-11(17)13-6-9-5-8(2)14-18-9/h5,7H,3-4,6H2,1-2H3,(H,15,16)(H2,12,13,17).